The number of hydrogen-bond acceptors (Lipinski definition) is 9. The van der Waals surface area contributed by atoms with Gasteiger partial charge >= 0.3 is 5.97 Å². The number of thioether (sulfide) groups is 1. The maximum absolute atomic E-state index is 13.8. The first kappa shape index (κ1) is 29.1. The normalized spacial score (nSPS) is 15.0. The molecule has 0 aliphatic carbocycles. The van der Waals surface area contributed by atoms with Crippen molar-refractivity contribution in [2.45, 2.75) is 24.8 Å². The van der Waals surface area contributed by atoms with Crippen LogP contribution >= 0.6 is 50.6 Å². The van der Waals surface area contributed by atoms with Crippen LogP contribution in [0.15, 0.2) is 83.4 Å². The van der Waals surface area contributed by atoms with Crippen molar-refractivity contribution in [1.29, 1.82) is 0 Å². The number of ether oxygens (including phenoxy) is 1. The van der Waals surface area contributed by atoms with Crippen LogP contribution in [-0.2, 0) is 9.53 Å². The number of thiazole rings is 1. The Morgan fingerprint density at radius 2 is 2.02 bits per heavy atom. The number of halogens is 2. The van der Waals surface area contributed by atoms with Crippen LogP contribution in [0.5, 0.6) is 0 Å². The predicted molar refractivity (Wildman–Crippen MR) is 162 cm³/mol. The Kier molecular flexibility index (Phi) is 8.37. The van der Waals surface area contributed by atoms with E-state index >= 15 is 0 Å². The first-order valence-electron chi connectivity index (χ1n) is 12.2. The number of esters is 1. The zero-order chi connectivity index (χ0) is 29.4. The largest absolute Gasteiger partial charge is 0.463 e. The Morgan fingerprint density at radius 1 is 1.29 bits per heavy atom. The Balaban J connectivity index is 1.62. The standard InChI is InChI=1S/C28H21BrClN3O6S2/c1-4-38-27(35)23-14(2)31-28-32(25(23)15-5-8-18(40-3)9-6-15)26(34)22(41-28)13-17-7-10-21(39-17)16-11-19(30)24(29)20(12-16)33(36)37/h5-13,25H,4H2,1-3H3/b22-13-/t25-/m1/s1. The number of benzene rings is 2. The van der Waals surface area contributed by atoms with Gasteiger partial charge in [0, 0.05) is 22.6 Å². The molecule has 0 fully saturated rings. The highest BCUT2D eigenvalue weighted by Crippen LogP contribution is 2.37. The van der Waals surface area contributed by atoms with Gasteiger partial charge in [-0.15, -0.1) is 11.8 Å². The van der Waals surface area contributed by atoms with Gasteiger partial charge in [-0.05, 0) is 71.9 Å². The number of carbonyl (C=O) groups is 1. The quantitative estimate of drug-likeness (QED) is 0.101. The molecule has 3 heterocycles. The van der Waals surface area contributed by atoms with E-state index < -0.39 is 16.9 Å². The summed E-state index contributed by atoms with van der Waals surface area (Å²) in [5, 5.41) is 11.6. The van der Waals surface area contributed by atoms with Crippen molar-refractivity contribution >= 4 is 68.4 Å². The van der Waals surface area contributed by atoms with Crippen LogP contribution in [0.4, 0.5) is 5.69 Å². The molecule has 0 saturated heterocycles. The molecule has 0 radical (unpaired) electrons. The van der Waals surface area contributed by atoms with Crippen LogP contribution in [0.2, 0.25) is 5.02 Å². The minimum atomic E-state index is -0.721. The van der Waals surface area contributed by atoms with E-state index in [0.29, 0.717) is 37.7 Å². The minimum Gasteiger partial charge on any atom is -0.463 e. The van der Waals surface area contributed by atoms with Gasteiger partial charge < -0.3 is 9.15 Å². The number of allylic oxidation sites excluding steroid dienone is 1. The third-order valence-corrected chi connectivity index (χ3v) is 9.43. The van der Waals surface area contributed by atoms with Gasteiger partial charge in [-0.25, -0.2) is 9.79 Å². The van der Waals surface area contributed by atoms with Gasteiger partial charge in [-0.3, -0.25) is 19.5 Å². The molecule has 2 aromatic heterocycles. The lowest BCUT2D eigenvalue weighted by molar-refractivity contribution is -0.385. The predicted octanol–water partition coefficient (Wildman–Crippen LogP) is 6.10. The summed E-state index contributed by atoms with van der Waals surface area (Å²) < 4.78 is 13.3. The second-order valence-corrected chi connectivity index (χ2v) is 11.9. The number of nitrogens with zero attached hydrogens (tertiary/aromatic N) is 3. The average Bonchev–Trinajstić information content (AvgIpc) is 3.53. The zero-order valence-electron chi connectivity index (χ0n) is 21.8. The van der Waals surface area contributed by atoms with E-state index in [0.717, 1.165) is 10.5 Å². The fourth-order valence-electron chi connectivity index (χ4n) is 4.46. The summed E-state index contributed by atoms with van der Waals surface area (Å²) in [4.78, 5) is 43.8. The molecular formula is C28H21BrClN3O6S2. The van der Waals surface area contributed by atoms with Crippen LogP contribution in [0, 0.1) is 10.1 Å². The van der Waals surface area contributed by atoms with Crippen LogP contribution in [0.1, 0.15) is 31.2 Å². The van der Waals surface area contributed by atoms with E-state index in [9.17, 15) is 19.7 Å². The highest BCUT2D eigenvalue weighted by Gasteiger charge is 2.33. The van der Waals surface area contributed by atoms with E-state index in [1.165, 1.54) is 22.0 Å². The molecule has 1 aliphatic rings. The van der Waals surface area contributed by atoms with E-state index in [1.54, 1.807) is 49.9 Å². The summed E-state index contributed by atoms with van der Waals surface area (Å²) in [7, 11) is 0. The summed E-state index contributed by atoms with van der Waals surface area (Å²) in [6, 6.07) is 13.2. The summed E-state index contributed by atoms with van der Waals surface area (Å²) in [5.74, 6) is 0.169. The average molecular weight is 675 g/mol. The number of fused-ring (bicyclic) bond motifs is 1. The summed E-state index contributed by atoms with van der Waals surface area (Å²) in [6.07, 6.45) is 3.55. The van der Waals surface area contributed by atoms with Gasteiger partial charge in [0.05, 0.1) is 38.4 Å². The first-order valence-corrected chi connectivity index (χ1v) is 15.4. The fourth-order valence-corrected chi connectivity index (χ4v) is 6.48. The van der Waals surface area contributed by atoms with Crippen LogP contribution < -0.4 is 14.9 Å². The van der Waals surface area contributed by atoms with Gasteiger partial charge in [-0.1, -0.05) is 35.1 Å². The summed E-state index contributed by atoms with van der Waals surface area (Å²) in [5.41, 5.74) is 1.40. The lowest BCUT2D eigenvalue weighted by Gasteiger charge is -2.24. The van der Waals surface area contributed by atoms with Gasteiger partial charge in [0.25, 0.3) is 11.2 Å². The highest BCUT2D eigenvalue weighted by molar-refractivity contribution is 9.10. The Morgan fingerprint density at radius 3 is 2.68 bits per heavy atom. The molecule has 1 atom stereocenters. The molecule has 13 heteroatoms. The van der Waals surface area contributed by atoms with Crippen molar-refractivity contribution in [2.24, 2.45) is 4.99 Å². The first-order chi connectivity index (χ1) is 19.6. The smallest absolute Gasteiger partial charge is 0.338 e. The molecule has 0 bridgehead atoms. The van der Waals surface area contributed by atoms with E-state index in [1.807, 2.05) is 30.5 Å². The molecule has 1 aliphatic heterocycles. The van der Waals surface area contributed by atoms with E-state index in [2.05, 4.69) is 20.9 Å². The topological polar surface area (TPSA) is 117 Å². The second kappa shape index (κ2) is 11.8. The molecule has 5 rings (SSSR count). The number of nitro groups is 1. The van der Waals surface area contributed by atoms with Crippen molar-refractivity contribution < 1.29 is 18.9 Å². The van der Waals surface area contributed by atoms with Crippen molar-refractivity contribution in [1.82, 2.24) is 4.57 Å². The van der Waals surface area contributed by atoms with Crippen LogP contribution in [-0.4, -0.2) is 28.3 Å². The van der Waals surface area contributed by atoms with E-state index in [4.69, 9.17) is 20.8 Å². The number of carbonyl (C=O) groups excluding carboxylic acids is 1. The molecule has 9 nitrogen and oxygen atoms in total. The number of aromatic nitrogens is 1. The Bertz CT molecular complexity index is 1910. The van der Waals surface area contributed by atoms with Crippen LogP contribution in [0.3, 0.4) is 0 Å². The Labute approximate surface area is 255 Å². The molecule has 41 heavy (non-hydrogen) atoms. The van der Waals surface area contributed by atoms with Crippen molar-refractivity contribution in [3.05, 3.63) is 110 Å². The molecule has 2 aromatic carbocycles. The highest BCUT2D eigenvalue weighted by atomic mass is 79.9. The molecule has 0 amide bonds. The molecule has 0 saturated carbocycles. The van der Waals surface area contributed by atoms with Crippen molar-refractivity contribution in [2.75, 3.05) is 12.9 Å². The van der Waals surface area contributed by atoms with Gasteiger partial charge in [0.2, 0.25) is 0 Å². The molecule has 0 N–H and O–H groups in total. The SMILES string of the molecule is CCOC(=O)C1=C(C)N=c2s/c(=C\c3ccc(-c4cc(Cl)c(Br)c([N+](=O)[O-])c4)o3)c(=O)n2[C@@H]1c1ccc(SC)cc1. The summed E-state index contributed by atoms with van der Waals surface area (Å²) in [6.45, 7) is 3.64. The Hall–Kier alpha value is -3.45. The monoisotopic (exact) mass is 673 g/mol. The molecule has 210 valence electrons. The van der Waals surface area contributed by atoms with Gasteiger partial charge in [0.15, 0.2) is 4.80 Å². The third kappa shape index (κ3) is 5.56. The number of furan rings is 1. The lowest BCUT2D eigenvalue weighted by atomic mass is 9.96. The minimum absolute atomic E-state index is 0.166. The maximum atomic E-state index is 13.8. The van der Waals surface area contributed by atoms with E-state index in [-0.39, 0.29) is 27.3 Å². The number of hydrogen-bond donors (Lipinski definition) is 0. The molecular weight excluding hydrogens is 654 g/mol. The fraction of sp³-hybridized carbons (Fsp3) is 0.179. The summed E-state index contributed by atoms with van der Waals surface area (Å²) >= 11 is 12.1. The second-order valence-electron chi connectivity index (χ2n) is 8.83. The number of rotatable bonds is 7. The lowest BCUT2D eigenvalue weighted by Crippen LogP contribution is -2.39. The molecule has 0 unspecified atom stereocenters. The van der Waals surface area contributed by atoms with Crippen molar-refractivity contribution in [3.8, 4) is 11.3 Å². The van der Waals surface area contributed by atoms with Crippen molar-refractivity contribution in [3.63, 3.8) is 0 Å². The third-order valence-electron chi connectivity index (χ3n) is 6.34. The van der Waals surface area contributed by atoms with Gasteiger partial charge in [-0.2, -0.15) is 0 Å². The van der Waals surface area contributed by atoms with Gasteiger partial charge in [0.1, 0.15) is 16.0 Å². The van der Waals surface area contributed by atoms with Crippen LogP contribution in [0.25, 0.3) is 17.4 Å². The zero-order valence-corrected chi connectivity index (χ0v) is 25.8. The number of nitro benzene ring substituents is 1. The molecule has 4 aromatic rings. The molecule has 0 spiro atoms. The maximum Gasteiger partial charge on any atom is 0.338 e.